The topological polar surface area (TPSA) is 54.6 Å². The number of hydrogen-bond donors (Lipinski definition) is 1. The largest absolute Gasteiger partial charge is 0.455 e. The van der Waals surface area contributed by atoms with Crippen molar-refractivity contribution in [3.8, 4) is 11.3 Å². The predicted octanol–water partition coefficient (Wildman–Crippen LogP) is 7.77. The van der Waals surface area contributed by atoms with Crippen LogP contribution in [-0.4, -0.2) is 18.2 Å². The molecule has 0 unspecified atom stereocenters. The zero-order valence-corrected chi connectivity index (χ0v) is 21.4. The molecule has 2 aliphatic carbocycles. The lowest BCUT2D eigenvalue weighted by molar-refractivity contribution is 0.0927. The Morgan fingerprint density at radius 1 is 1.12 bits per heavy atom. The van der Waals surface area contributed by atoms with Crippen LogP contribution in [0.25, 0.3) is 11.3 Å². The Labute approximate surface area is 207 Å². The van der Waals surface area contributed by atoms with Crippen molar-refractivity contribution in [3.63, 3.8) is 0 Å². The fraction of sp³-hybridized carbons (Fsp3) is 0.407. The van der Waals surface area contributed by atoms with Gasteiger partial charge in [-0.25, -0.2) is 4.99 Å². The van der Waals surface area contributed by atoms with Gasteiger partial charge < -0.3 is 9.73 Å². The molecule has 172 valence electrons. The molecule has 0 atom stereocenters. The van der Waals surface area contributed by atoms with Crippen molar-refractivity contribution in [2.75, 3.05) is 0 Å². The van der Waals surface area contributed by atoms with Crippen molar-refractivity contribution in [2.24, 2.45) is 4.99 Å². The molecule has 33 heavy (non-hydrogen) atoms. The minimum atomic E-state index is 0.0529. The van der Waals surface area contributed by atoms with Crippen LogP contribution >= 0.6 is 27.3 Å². The number of aliphatic imine (C=N–C) groups is 1. The molecule has 1 amide bonds. The molecule has 0 radical (unpaired) electrons. The van der Waals surface area contributed by atoms with Crippen molar-refractivity contribution in [2.45, 2.75) is 70.8 Å². The van der Waals surface area contributed by atoms with Gasteiger partial charge in [-0.2, -0.15) is 0 Å². The quantitative estimate of drug-likeness (QED) is 0.346. The van der Waals surface area contributed by atoms with Crippen molar-refractivity contribution >= 4 is 44.4 Å². The van der Waals surface area contributed by atoms with Gasteiger partial charge in [-0.15, -0.1) is 11.3 Å². The highest BCUT2D eigenvalue weighted by Crippen LogP contribution is 2.40. The number of furan rings is 1. The third-order valence-electron chi connectivity index (χ3n) is 6.65. The molecule has 0 aliphatic heterocycles. The van der Waals surface area contributed by atoms with Gasteiger partial charge >= 0.3 is 0 Å². The van der Waals surface area contributed by atoms with Crippen LogP contribution in [0.1, 0.15) is 77.1 Å². The van der Waals surface area contributed by atoms with E-state index in [1.807, 2.05) is 12.1 Å². The summed E-state index contributed by atoms with van der Waals surface area (Å²) >= 11 is 5.30. The third-order valence-corrected chi connectivity index (χ3v) is 8.50. The highest BCUT2D eigenvalue weighted by atomic mass is 79.9. The Kier molecular flexibility index (Phi) is 6.84. The number of rotatable bonds is 5. The molecule has 1 aromatic carbocycles. The number of benzene rings is 1. The third kappa shape index (κ3) is 5.02. The number of nitrogens with one attached hydrogen (secondary N) is 1. The van der Waals surface area contributed by atoms with E-state index in [1.165, 1.54) is 41.7 Å². The highest BCUT2D eigenvalue weighted by molar-refractivity contribution is 9.10. The molecule has 0 saturated heterocycles. The number of fused-ring (bicyclic) bond motifs is 1. The van der Waals surface area contributed by atoms with E-state index in [1.54, 1.807) is 17.6 Å². The SMILES string of the molecule is Cc1ccc(-c2ccc(/C=N\c3sc4c(c3C(=O)NC3CCCCC3)CCCC4)o2)c(Br)c1. The maximum absolute atomic E-state index is 13.3. The zero-order chi connectivity index (χ0) is 22.8. The van der Waals surface area contributed by atoms with Gasteiger partial charge in [-0.3, -0.25) is 4.79 Å². The van der Waals surface area contributed by atoms with E-state index in [4.69, 9.17) is 9.41 Å². The summed E-state index contributed by atoms with van der Waals surface area (Å²) < 4.78 is 7.07. The van der Waals surface area contributed by atoms with Crippen molar-refractivity contribution in [3.05, 3.63) is 62.1 Å². The number of carbonyl (C=O) groups excluding carboxylic acids is 1. The van der Waals surface area contributed by atoms with E-state index in [0.29, 0.717) is 11.8 Å². The Morgan fingerprint density at radius 3 is 2.76 bits per heavy atom. The molecular formula is C27H29BrN2O2S. The first-order chi connectivity index (χ1) is 16.1. The molecule has 0 spiro atoms. The number of nitrogens with zero attached hydrogens (tertiary/aromatic N) is 1. The van der Waals surface area contributed by atoms with Crippen LogP contribution < -0.4 is 5.32 Å². The van der Waals surface area contributed by atoms with E-state index < -0.39 is 0 Å². The number of halogens is 1. The molecule has 2 heterocycles. The first kappa shape index (κ1) is 22.6. The molecule has 2 aliphatic rings. The summed E-state index contributed by atoms with van der Waals surface area (Å²) in [5, 5.41) is 4.12. The van der Waals surface area contributed by atoms with Crippen molar-refractivity contribution < 1.29 is 9.21 Å². The second-order valence-corrected chi connectivity index (χ2v) is 11.1. The van der Waals surface area contributed by atoms with Gasteiger partial charge in [0.1, 0.15) is 16.5 Å². The van der Waals surface area contributed by atoms with E-state index in [-0.39, 0.29) is 5.91 Å². The van der Waals surface area contributed by atoms with Gasteiger partial charge in [0.2, 0.25) is 0 Å². The van der Waals surface area contributed by atoms with Crippen molar-refractivity contribution in [1.82, 2.24) is 5.32 Å². The molecule has 3 aromatic rings. The molecule has 2 aromatic heterocycles. The van der Waals surface area contributed by atoms with Crippen LogP contribution in [0.5, 0.6) is 0 Å². The smallest absolute Gasteiger partial charge is 0.254 e. The molecule has 1 fully saturated rings. The number of hydrogen-bond acceptors (Lipinski definition) is 4. The van der Waals surface area contributed by atoms with Crippen molar-refractivity contribution in [1.29, 1.82) is 0 Å². The molecular weight excluding hydrogens is 496 g/mol. The van der Waals surface area contributed by atoms with Gasteiger partial charge in [0, 0.05) is 21.0 Å². The lowest BCUT2D eigenvalue weighted by atomic mass is 9.93. The van der Waals surface area contributed by atoms with Gasteiger partial charge in [0.05, 0.1) is 11.8 Å². The van der Waals surface area contributed by atoms with E-state index >= 15 is 0 Å². The summed E-state index contributed by atoms with van der Waals surface area (Å²) in [6.07, 6.45) is 12.0. The predicted molar refractivity (Wildman–Crippen MR) is 139 cm³/mol. The second kappa shape index (κ2) is 9.98. The van der Waals surface area contributed by atoms with Crippen LogP contribution in [0.3, 0.4) is 0 Å². The maximum Gasteiger partial charge on any atom is 0.254 e. The van der Waals surface area contributed by atoms with Crippen LogP contribution in [0.15, 0.2) is 44.2 Å². The Hall–Kier alpha value is -2.18. The monoisotopic (exact) mass is 524 g/mol. The minimum Gasteiger partial charge on any atom is -0.455 e. The van der Waals surface area contributed by atoms with Crippen LogP contribution in [0.4, 0.5) is 5.00 Å². The Balaban J connectivity index is 1.40. The molecule has 0 bridgehead atoms. The highest BCUT2D eigenvalue weighted by Gasteiger charge is 2.27. The van der Waals surface area contributed by atoms with E-state index in [0.717, 1.165) is 58.5 Å². The van der Waals surface area contributed by atoms with Gasteiger partial charge in [0.15, 0.2) is 0 Å². The summed E-state index contributed by atoms with van der Waals surface area (Å²) in [6, 6.07) is 10.4. The standard InChI is InChI=1S/C27H29BrN2O2S/c1-17-11-13-20(22(28)15-17)23-14-12-19(32-23)16-29-27-25(21-9-5-6-10-24(21)33-27)26(31)30-18-7-3-2-4-8-18/h11-16,18H,2-10H2,1H3,(H,30,31)/b29-16-. The number of thiophene rings is 1. The van der Waals surface area contributed by atoms with Crippen LogP contribution in [0, 0.1) is 6.92 Å². The Morgan fingerprint density at radius 2 is 1.94 bits per heavy atom. The minimum absolute atomic E-state index is 0.0529. The molecule has 1 N–H and O–H groups in total. The number of amides is 1. The zero-order valence-electron chi connectivity index (χ0n) is 19.0. The summed E-state index contributed by atoms with van der Waals surface area (Å²) in [5.74, 6) is 1.53. The molecule has 1 saturated carbocycles. The first-order valence-electron chi connectivity index (χ1n) is 11.9. The fourth-order valence-corrected chi connectivity index (χ4v) is 6.81. The summed E-state index contributed by atoms with van der Waals surface area (Å²) in [6.45, 7) is 2.07. The fourth-order valence-electron chi connectivity index (χ4n) is 4.89. The van der Waals surface area contributed by atoms with Gasteiger partial charge in [0.25, 0.3) is 5.91 Å². The molecule has 4 nitrogen and oxygen atoms in total. The summed E-state index contributed by atoms with van der Waals surface area (Å²) in [4.78, 5) is 19.4. The Bertz CT molecular complexity index is 1190. The first-order valence-corrected chi connectivity index (χ1v) is 13.6. The van der Waals surface area contributed by atoms with E-state index in [9.17, 15) is 4.79 Å². The van der Waals surface area contributed by atoms with Crippen LogP contribution in [0.2, 0.25) is 0 Å². The number of aryl methyl sites for hydroxylation is 2. The second-order valence-electron chi connectivity index (χ2n) is 9.14. The number of carbonyl (C=O) groups is 1. The lowest BCUT2D eigenvalue weighted by Gasteiger charge is -2.23. The molecule has 6 heteroatoms. The van der Waals surface area contributed by atoms with Crippen LogP contribution in [-0.2, 0) is 12.8 Å². The van der Waals surface area contributed by atoms with Gasteiger partial charge in [-0.1, -0.05) is 41.3 Å². The normalized spacial score (nSPS) is 16.8. The summed E-state index contributed by atoms with van der Waals surface area (Å²) in [7, 11) is 0. The summed E-state index contributed by atoms with van der Waals surface area (Å²) in [5.41, 5.74) is 4.22. The average Bonchev–Trinajstić information content (AvgIpc) is 3.43. The average molecular weight is 526 g/mol. The maximum atomic E-state index is 13.3. The lowest BCUT2D eigenvalue weighted by Crippen LogP contribution is -2.36. The van der Waals surface area contributed by atoms with E-state index in [2.05, 4.69) is 46.4 Å². The van der Waals surface area contributed by atoms with Gasteiger partial charge in [-0.05, 0) is 80.8 Å². The molecule has 5 rings (SSSR count).